The maximum atomic E-state index is 12.5. The van der Waals surface area contributed by atoms with Crippen molar-refractivity contribution in [2.45, 2.75) is 13.8 Å². The Morgan fingerprint density at radius 2 is 1.59 bits per heavy atom. The van der Waals surface area contributed by atoms with Gasteiger partial charge in [0, 0.05) is 37.6 Å². The van der Waals surface area contributed by atoms with Crippen LogP contribution in [0.25, 0.3) is 0 Å². The SMILES string of the molecule is Cc1ccc(C)c(NC(=O)c2ccc(N3CCN(c4ccccc4)CC3)nn2)c1. The van der Waals surface area contributed by atoms with Crippen LogP contribution in [-0.2, 0) is 0 Å². The molecule has 0 saturated carbocycles. The van der Waals surface area contributed by atoms with Crippen LogP contribution < -0.4 is 15.1 Å². The molecule has 2 heterocycles. The molecule has 29 heavy (non-hydrogen) atoms. The van der Waals surface area contributed by atoms with Crippen molar-refractivity contribution in [2.24, 2.45) is 0 Å². The first-order valence-electron chi connectivity index (χ1n) is 9.87. The number of benzene rings is 2. The Hall–Kier alpha value is -3.41. The van der Waals surface area contributed by atoms with Crippen LogP contribution in [0.1, 0.15) is 21.6 Å². The maximum absolute atomic E-state index is 12.5. The lowest BCUT2D eigenvalue weighted by molar-refractivity contribution is 0.102. The molecular weight excluding hydrogens is 362 g/mol. The fraction of sp³-hybridized carbons (Fsp3) is 0.261. The maximum Gasteiger partial charge on any atom is 0.276 e. The molecule has 1 aliphatic rings. The van der Waals surface area contributed by atoms with Gasteiger partial charge in [-0.2, -0.15) is 0 Å². The van der Waals surface area contributed by atoms with Crippen molar-refractivity contribution in [1.29, 1.82) is 0 Å². The lowest BCUT2D eigenvalue weighted by atomic mass is 10.1. The number of para-hydroxylation sites is 1. The standard InChI is InChI=1S/C23H25N5O/c1-17-8-9-18(2)21(16-17)24-23(29)20-10-11-22(26-25-20)28-14-12-27(13-15-28)19-6-4-3-5-7-19/h3-11,16H,12-15H2,1-2H3,(H,24,29). The number of rotatable bonds is 4. The van der Waals surface area contributed by atoms with Gasteiger partial charge in [-0.25, -0.2) is 0 Å². The molecule has 6 nitrogen and oxygen atoms in total. The van der Waals surface area contributed by atoms with Crippen molar-refractivity contribution in [1.82, 2.24) is 10.2 Å². The Morgan fingerprint density at radius 1 is 0.862 bits per heavy atom. The molecule has 0 aliphatic carbocycles. The van der Waals surface area contributed by atoms with Gasteiger partial charge in [-0.3, -0.25) is 4.79 Å². The molecule has 6 heteroatoms. The van der Waals surface area contributed by atoms with Gasteiger partial charge in [-0.05, 0) is 55.3 Å². The topological polar surface area (TPSA) is 61.4 Å². The molecule has 0 atom stereocenters. The summed E-state index contributed by atoms with van der Waals surface area (Å²) >= 11 is 0. The van der Waals surface area contributed by atoms with E-state index in [1.165, 1.54) is 5.69 Å². The Kier molecular flexibility index (Phi) is 5.42. The summed E-state index contributed by atoms with van der Waals surface area (Å²) in [5.74, 6) is 0.563. The van der Waals surface area contributed by atoms with E-state index in [4.69, 9.17) is 0 Å². The number of anilines is 3. The largest absolute Gasteiger partial charge is 0.368 e. The summed E-state index contributed by atoms with van der Waals surface area (Å²) in [5.41, 5.74) is 4.49. The minimum atomic E-state index is -0.244. The predicted molar refractivity (Wildman–Crippen MR) is 117 cm³/mol. The second-order valence-corrected chi connectivity index (χ2v) is 7.36. The van der Waals surface area contributed by atoms with Gasteiger partial charge in [-0.1, -0.05) is 30.3 Å². The van der Waals surface area contributed by atoms with E-state index >= 15 is 0 Å². The fourth-order valence-electron chi connectivity index (χ4n) is 3.50. The molecule has 1 aliphatic heterocycles. The molecule has 1 saturated heterocycles. The predicted octanol–water partition coefficient (Wildman–Crippen LogP) is 3.67. The average molecular weight is 387 g/mol. The van der Waals surface area contributed by atoms with E-state index in [-0.39, 0.29) is 5.91 Å². The van der Waals surface area contributed by atoms with E-state index in [2.05, 4.69) is 49.6 Å². The minimum absolute atomic E-state index is 0.244. The fourth-order valence-corrected chi connectivity index (χ4v) is 3.50. The van der Waals surface area contributed by atoms with E-state index in [0.717, 1.165) is 48.8 Å². The van der Waals surface area contributed by atoms with Gasteiger partial charge in [0.2, 0.25) is 0 Å². The summed E-state index contributed by atoms with van der Waals surface area (Å²) in [6, 6.07) is 20.0. The zero-order valence-electron chi connectivity index (χ0n) is 16.8. The molecule has 0 spiro atoms. The van der Waals surface area contributed by atoms with Crippen LogP contribution in [0.4, 0.5) is 17.2 Å². The summed E-state index contributed by atoms with van der Waals surface area (Å²) < 4.78 is 0. The summed E-state index contributed by atoms with van der Waals surface area (Å²) in [6.07, 6.45) is 0. The molecule has 3 aromatic rings. The third kappa shape index (κ3) is 4.37. The lowest BCUT2D eigenvalue weighted by Gasteiger charge is -2.36. The number of piperazine rings is 1. The number of nitrogens with zero attached hydrogens (tertiary/aromatic N) is 4. The molecule has 0 unspecified atom stereocenters. The van der Waals surface area contributed by atoms with Crippen molar-refractivity contribution in [3.05, 3.63) is 77.5 Å². The van der Waals surface area contributed by atoms with Crippen molar-refractivity contribution in [2.75, 3.05) is 41.3 Å². The molecular formula is C23H25N5O. The Labute approximate surface area is 171 Å². The number of nitrogens with one attached hydrogen (secondary N) is 1. The van der Waals surface area contributed by atoms with Gasteiger partial charge < -0.3 is 15.1 Å². The number of aromatic nitrogens is 2. The number of hydrogen-bond acceptors (Lipinski definition) is 5. The Bertz CT molecular complexity index is 980. The van der Waals surface area contributed by atoms with Gasteiger partial charge in [0.15, 0.2) is 11.5 Å². The lowest BCUT2D eigenvalue weighted by Crippen LogP contribution is -2.46. The van der Waals surface area contributed by atoms with Crippen LogP contribution in [0.3, 0.4) is 0 Å². The Balaban J connectivity index is 1.38. The number of carbonyl (C=O) groups excluding carboxylic acids is 1. The van der Waals surface area contributed by atoms with E-state index in [9.17, 15) is 4.79 Å². The van der Waals surface area contributed by atoms with Crippen LogP contribution in [0.15, 0.2) is 60.7 Å². The third-order valence-electron chi connectivity index (χ3n) is 5.25. The molecule has 4 rings (SSSR count). The van der Waals surface area contributed by atoms with Gasteiger partial charge in [0.1, 0.15) is 0 Å². The third-order valence-corrected chi connectivity index (χ3v) is 5.25. The van der Waals surface area contributed by atoms with Crippen LogP contribution in [0, 0.1) is 13.8 Å². The highest BCUT2D eigenvalue weighted by Crippen LogP contribution is 2.20. The van der Waals surface area contributed by atoms with E-state index in [0.29, 0.717) is 5.69 Å². The van der Waals surface area contributed by atoms with Crippen LogP contribution in [-0.4, -0.2) is 42.3 Å². The second-order valence-electron chi connectivity index (χ2n) is 7.36. The molecule has 0 radical (unpaired) electrons. The summed E-state index contributed by atoms with van der Waals surface area (Å²) in [6.45, 7) is 7.58. The summed E-state index contributed by atoms with van der Waals surface area (Å²) in [7, 11) is 0. The van der Waals surface area contributed by atoms with Gasteiger partial charge in [0.25, 0.3) is 5.91 Å². The minimum Gasteiger partial charge on any atom is -0.368 e. The number of amides is 1. The average Bonchev–Trinajstić information content (AvgIpc) is 2.77. The summed E-state index contributed by atoms with van der Waals surface area (Å²) in [5, 5.41) is 11.4. The second kappa shape index (κ2) is 8.31. The van der Waals surface area contributed by atoms with Gasteiger partial charge >= 0.3 is 0 Å². The summed E-state index contributed by atoms with van der Waals surface area (Å²) in [4.78, 5) is 17.1. The van der Waals surface area contributed by atoms with E-state index in [1.807, 2.05) is 44.2 Å². The first-order valence-corrected chi connectivity index (χ1v) is 9.87. The highest BCUT2D eigenvalue weighted by molar-refractivity contribution is 6.03. The number of hydrogen-bond donors (Lipinski definition) is 1. The molecule has 148 valence electrons. The highest BCUT2D eigenvalue weighted by atomic mass is 16.1. The van der Waals surface area contributed by atoms with Crippen molar-refractivity contribution in [3.8, 4) is 0 Å². The molecule has 1 fully saturated rings. The van der Waals surface area contributed by atoms with Crippen LogP contribution >= 0.6 is 0 Å². The first kappa shape index (κ1) is 18.9. The van der Waals surface area contributed by atoms with Crippen molar-refractivity contribution < 1.29 is 4.79 Å². The zero-order chi connectivity index (χ0) is 20.2. The highest BCUT2D eigenvalue weighted by Gasteiger charge is 2.19. The first-order chi connectivity index (χ1) is 14.1. The molecule has 1 N–H and O–H groups in total. The normalized spacial score (nSPS) is 14.0. The van der Waals surface area contributed by atoms with Crippen LogP contribution in [0.2, 0.25) is 0 Å². The quantitative estimate of drug-likeness (QED) is 0.740. The van der Waals surface area contributed by atoms with Crippen molar-refractivity contribution in [3.63, 3.8) is 0 Å². The number of carbonyl (C=O) groups is 1. The molecule has 2 aromatic carbocycles. The molecule has 0 bridgehead atoms. The van der Waals surface area contributed by atoms with Gasteiger partial charge in [-0.15, -0.1) is 10.2 Å². The smallest absolute Gasteiger partial charge is 0.276 e. The molecule has 1 aromatic heterocycles. The molecule has 1 amide bonds. The number of aryl methyl sites for hydroxylation is 2. The van der Waals surface area contributed by atoms with Crippen LogP contribution in [0.5, 0.6) is 0 Å². The van der Waals surface area contributed by atoms with Crippen molar-refractivity contribution >= 4 is 23.1 Å². The zero-order valence-corrected chi connectivity index (χ0v) is 16.8. The van der Waals surface area contributed by atoms with E-state index in [1.54, 1.807) is 6.07 Å². The Morgan fingerprint density at radius 3 is 2.28 bits per heavy atom. The van der Waals surface area contributed by atoms with Gasteiger partial charge in [0.05, 0.1) is 0 Å². The monoisotopic (exact) mass is 387 g/mol. The van der Waals surface area contributed by atoms with E-state index < -0.39 is 0 Å².